The summed E-state index contributed by atoms with van der Waals surface area (Å²) in [6, 6.07) is 4.93. The van der Waals surface area contributed by atoms with Crippen LogP contribution in [0.3, 0.4) is 0 Å². The van der Waals surface area contributed by atoms with Gasteiger partial charge in [0.25, 0.3) is 0 Å². The van der Waals surface area contributed by atoms with Gasteiger partial charge in [0.2, 0.25) is 0 Å². The number of rotatable bonds is 2. The first-order valence-corrected chi connectivity index (χ1v) is 4.25. The van der Waals surface area contributed by atoms with Crippen molar-refractivity contribution < 1.29 is 4.79 Å². The summed E-state index contributed by atoms with van der Waals surface area (Å²) in [4.78, 5) is 11.0. The predicted octanol–water partition coefficient (Wildman–Crippen LogP) is 1.72. The summed E-state index contributed by atoms with van der Waals surface area (Å²) >= 11 is 5.83. The molecule has 0 aliphatic carbocycles. The fourth-order valence-corrected chi connectivity index (χ4v) is 1.22. The number of alkyl halides is 1. The van der Waals surface area contributed by atoms with Gasteiger partial charge >= 0.3 is 0 Å². The second-order valence-electron chi connectivity index (χ2n) is 2.86. The maximum absolute atomic E-state index is 11.0. The first kappa shape index (κ1) is 9.86. The van der Waals surface area contributed by atoms with Crippen molar-refractivity contribution in [2.75, 3.05) is 11.5 Å². The van der Waals surface area contributed by atoms with Gasteiger partial charge in [-0.05, 0) is 25.1 Å². The molecule has 1 rings (SSSR count). The third kappa shape index (κ3) is 2.12. The van der Waals surface area contributed by atoms with Crippen molar-refractivity contribution >= 4 is 28.8 Å². The Hall–Kier alpha value is -1.22. The minimum atomic E-state index is -0.705. The fraction of sp³-hybridized carbons (Fsp3) is 0.222. The summed E-state index contributed by atoms with van der Waals surface area (Å²) in [6.07, 6.45) is 0. The minimum Gasteiger partial charge on any atom is -0.399 e. The lowest BCUT2D eigenvalue weighted by atomic mass is 10.1. The van der Waals surface area contributed by atoms with E-state index in [1.54, 1.807) is 18.2 Å². The number of benzene rings is 1. The van der Waals surface area contributed by atoms with Crippen LogP contribution in [0.25, 0.3) is 0 Å². The Morgan fingerprint density at radius 3 is 2.62 bits per heavy atom. The van der Waals surface area contributed by atoms with Crippen molar-refractivity contribution in [1.29, 1.82) is 0 Å². The molecule has 1 atom stereocenters. The Balaban J connectivity index is 3.12. The molecule has 0 saturated heterocycles. The molecule has 0 heterocycles. The molecular formula is C9H11ClN2O. The summed E-state index contributed by atoms with van der Waals surface area (Å²) < 4.78 is 0. The van der Waals surface area contributed by atoms with E-state index in [0.29, 0.717) is 16.9 Å². The highest BCUT2D eigenvalue weighted by molar-refractivity contribution is 6.31. The molecule has 0 bridgehead atoms. The quantitative estimate of drug-likeness (QED) is 0.562. The number of nitrogen functional groups attached to an aromatic ring is 2. The second kappa shape index (κ2) is 3.66. The normalized spacial score (nSPS) is 12.5. The summed E-state index contributed by atoms with van der Waals surface area (Å²) in [7, 11) is 0. The molecule has 3 nitrogen and oxygen atoms in total. The van der Waals surface area contributed by atoms with E-state index in [4.69, 9.17) is 23.1 Å². The Morgan fingerprint density at radius 2 is 2.08 bits per heavy atom. The van der Waals surface area contributed by atoms with Crippen LogP contribution in [-0.2, 0) is 4.79 Å². The second-order valence-corrected chi connectivity index (χ2v) is 3.30. The van der Waals surface area contributed by atoms with Gasteiger partial charge in [0, 0.05) is 16.9 Å². The standard InChI is InChI=1S/C9H11ClN2O/c1-5(13)9(10)7-4-6(11)2-3-8(7)12/h2-4,9H,11-12H2,1H3. The largest absolute Gasteiger partial charge is 0.399 e. The Kier molecular flexibility index (Phi) is 2.78. The fourth-order valence-electron chi connectivity index (χ4n) is 1.03. The van der Waals surface area contributed by atoms with E-state index in [0.717, 1.165) is 0 Å². The van der Waals surface area contributed by atoms with Crippen molar-refractivity contribution in [2.45, 2.75) is 12.3 Å². The molecule has 0 fully saturated rings. The van der Waals surface area contributed by atoms with E-state index in [9.17, 15) is 4.79 Å². The molecule has 0 amide bonds. The van der Waals surface area contributed by atoms with Crippen molar-refractivity contribution in [2.24, 2.45) is 0 Å². The van der Waals surface area contributed by atoms with Crippen LogP contribution in [0.1, 0.15) is 17.9 Å². The van der Waals surface area contributed by atoms with Crippen LogP contribution < -0.4 is 11.5 Å². The molecule has 0 spiro atoms. The van der Waals surface area contributed by atoms with Gasteiger partial charge in [-0.2, -0.15) is 0 Å². The molecule has 1 aromatic rings. The zero-order valence-electron chi connectivity index (χ0n) is 7.25. The van der Waals surface area contributed by atoms with Gasteiger partial charge in [-0.25, -0.2) is 0 Å². The molecule has 0 saturated carbocycles. The Labute approximate surface area is 81.7 Å². The molecule has 0 aliphatic rings. The number of halogens is 1. The Morgan fingerprint density at radius 1 is 1.46 bits per heavy atom. The van der Waals surface area contributed by atoms with E-state index >= 15 is 0 Å². The first-order valence-electron chi connectivity index (χ1n) is 3.82. The summed E-state index contributed by atoms with van der Waals surface area (Å²) in [5.41, 5.74) is 12.8. The molecule has 1 aromatic carbocycles. The maximum atomic E-state index is 11.0. The van der Waals surface area contributed by atoms with Gasteiger partial charge in [-0.1, -0.05) is 0 Å². The lowest BCUT2D eigenvalue weighted by Gasteiger charge is -2.09. The molecule has 70 valence electrons. The summed E-state index contributed by atoms with van der Waals surface area (Å²) in [5, 5.41) is -0.705. The van der Waals surface area contributed by atoms with Gasteiger partial charge in [0.1, 0.15) is 5.38 Å². The summed E-state index contributed by atoms with van der Waals surface area (Å²) in [6.45, 7) is 1.42. The monoisotopic (exact) mass is 198 g/mol. The van der Waals surface area contributed by atoms with Crippen LogP contribution in [0.5, 0.6) is 0 Å². The smallest absolute Gasteiger partial charge is 0.152 e. The van der Waals surface area contributed by atoms with Gasteiger partial charge in [0.05, 0.1) is 0 Å². The molecule has 4 N–H and O–H groups in total. The molecule has 0 aliphatic heterocycles. The SMILES string of the molecule is CC(=O)C(Cl)c1cc(N)ccc1N. The molecule has 0 radical (unpaired) electrons. The number of Topliss-reactive ketones (excluding diaryl/α,β-unsaturated/α-hetero) is 1. The molecule has 0 aromatic heterocycles. The van der Waals surface area contributed by atoms with Gasteiger partial charge in [-0.15, -0.1) is 11.6 Å². The number of ketones is 1. The van der Waals surface area contributed by atoms with Crippen LogP contribution in [0, 0.1) is 0 Å². The first-order chi connectivity index (χ1) is 6.02. The zero-order valence-corrected chi connectivity index (χ0v) is 8.01. The van der Waals surface area contributed by atoms with Crippen molar-refractivity contribution in [3.8, 4) is 0 Å². The van der Waals surface area contributed by atoms with Crippen LogP contribution >= 0.6 is 11.6 Å². The van der Waals surface area contributed by atoms with Gasteiger partial charge < -0.3 is 11.5 Å². The third-order valence-electron chi connectivity index (χ3n) is 1.74. The third-order valence-corrected chi connectivity index (χ3v) is 2.28. The van der Waals surface area contributed by atoms with Crippen molar-refractivity contribution in [3.05, 3.63) is 23.8 Å². The lowest BCUT2D eigenvalue weighted by molar-refractivity contribution is -0.116. The van der Waals surface area contributed by atoms with E-state index < -0.39 is 5.38 Å². The average molecular weight is 199 g/mol. The minimum absolute atomic E-state index is 0.140. The van der Waals surface area contributed by atoms with Crippen LogP contribution in [-0.4, -0.2) is 5.78 Å². The Bertz CT molecular complexity index is 338. The highest BCUT2D eigenvalue weighted by Gasteiger charge is 2.15. The topological polar surface area (TPSA) is 69.1 Å². The number of hydrogen-bond donors (Lipinski definition) is 2. The lowest BCUT2D eigenvalue weighted by Crippen LogP contribution is -2.05. The van der Waals surface area contributed by atoms with Crippen LogP contribution in [0.15, 0.2) is 18.2 Å². The molecule has 4 heteroatoms. The number of carbonyl (C=O) groups excluding carboxylic acids is 1. The highest BCUT2D eigenvalue weighted by atomic mass is 35.5. The summed E-state index contributed by atoms with van der Waals surface area (Å²) in [5.74, 6) is -0.140. The number of carbonyl (C=O) groups is 1. The molecule has 13 heavy (non-hydrogen) atoms. The molecule has 1 unspecified atom stereocenters. The number of anilines is 2. The van der Waals surface area contributed by atoms with E-state index in [1.165, 1.54) is 6.92 Å². The highest BCUT2D eigenvalue weighted by Crippen LogP contribution is 2.28. The van der Waals surface area contributed by atoms with E-state index in [1.807, 2.05) is 0 Å². The van der Waals surface area contributed by atoms with Crippen molar-refractivity contribution in [1.82, 2.24) is 0 Å². The number of nitrogens with two attached hydrogens (primary N) is 2. The average Bonchev–Trinajstić information content (AvgIpc) is 2.08. The van der Waals surface area contributed by atoms with Gasteiger partial charge in [0.15, 0.2) is 5.78 Å². The number of hydrogen-bond acceptors (Lipinski definition) is 3. The maximum Gasteiger partial charge on any atom is 0.152 e. The molecular weight excluding hydrogens is 188 g/mol. The van der Waals surface area contributed by atoms with E-state index in [2.05, 4.69) is 0 Å². The van der Waals surface area contributed by atoms with Gasteiger partial charge in [-0.3, -0.25) is 4.79 Å². The van der Waals surface area contributed by atoms with E-state index in [-0.39, 0.29) is 5.78 Å². The van der Waals surface area contributed by atoms with Crippen LogP contribution in [0.2, 0.25) is 0 Å². The predicted molar refractivity (Wildman–Crippen MR) is 54.5 cm³/mol. The van der Waals surface area contributed by atoms with Crippen LogP contribution in [0.4, 0.5) is 11.4 Å². The van der Waals surface area contributed by atoms with Crippen molar-refractivity contribution in [3.63, 3.8) is 0 Å². The zero-order chi connectivity index (χ0) is 10.0.